The van der Waals surface area contributed by atoms with E-state index in [4.69, 9.17) is 35.0 Å². The van der Waals surface area contributed by atoms with Gasteiger partial charge in [-0.2, -0.15) is 0 Å². The lowest BCUT2D eigenvalue weighted by Gasteiger charge is -2.13. The van der Waals surface area contributed by atoms with E-state index in [0.717, 1.165) is 0 Å². The number of rotatable bonds is 0. The quantitative estimate of drug-likeness (QED) is 0.337. The Hall–Kier alpha value is 0.500. The van der Waals surface area contributed by atoms with Gasteiger partial charge in [0, 0.05) is 11.8 Å². The standard InChI is InChI=1S/C4H2Cl3NS/c5-3-1-2-9-8(7)4(3)6/h1-2H. The average Bonchev–Trinajstić information content (AvgIpc) is 1.83. The molecule has 9 heavy (non-hydrogen) atoms. The maximum absolute atomic E-state index is 5.59. The highest BCUT2D eigenvalue weighted by Crippen LogP contribution is 2.33. The minimum absolute atomic E-state index is 0.353. The third-order valence-corrected chi connectivity index (χ3v) is 2.71. The Morgan fingerprint density at radius 1 is 1.44 bits per heavy atom. The molecule has 0 aliphatic carbocycles. The van der Waals surface area contributed by atoms with Gasteiger partial charge in [-0.15, -0.1) is 0 Å². The van der Waals surface area contributed by atoms with Crippen LogP contribution in [0.15, 0.2) is 21.7 Å². The second kappa shape index (κ2) is 3.06. The second-order valence-electron chi connectivity index (χ2n) is 1.29. The van der Waals surface area contributed by atoms with E-state index in [1.165, 1.54) is 15.8 Å². The van der Waals surface area contributed by atoms with E-state index in [9.17, 15) is 0 Å². The van der Waals surface area contributed by atoms with E-state index in [2.05, 4.69) is 0 Å². The molecule has 0 amide bonds. The second-order valence-corrected chi connectivity index (χ2v) is 3.44. The Morgan fingerprint density at radius 2 is 2.11 bits per heavy atom. The minimum atomic E-state index is 0.353. The normalized spacial score (nSPS) is 19.2. The Kier molecular flexibility index (Phi) is 2.59. The van der Waals surface area contributed by atoms with E-state index in [1.807, 2.05) is 0 Å². The van der Waals surface area contributed by atoms with E-state index in [-0.39, 0.29) is 0 Å². The third kappa shape index (κ3) is 1.71. The average molecular weight is 202 g/mol. The summed E-state index contributed by atoms with van der Waals surface area (Å²) in [4.78, 5) is 0. The van der Waals surface area contributed by atoms with Gasteiger partial charge in [0.15, 0.2) is 0 Å². The molecule has 5 heteroatoms. The van der Waals surface area contributed by atoms with Gasteiger partial charge in [0.1, 0.15) is 5.16 Å². The van der Waals surface area contributed by atoms with Gasteiger partial charge in [-0.25, -0.2) is 3.82 Å². The molecule has 0 atom stereocenters. The van der Waals surface area contributed by atoms with Crippen molar-refractivity contribution in [2.24, 2.45) is 0 Å². The largest absolute Gasteiger partial charge is 0.210 e. The third-order valence-electron chi connectivity index (χ3n) is 0.719. The van der Waals surface area contributed by atoms with Gasteiger partial charge in [-0.05, 0) is 23.4 Å². The molecule has 0 aromatic heterocycles. The van der Waals surface area contributed by atoms with E-state index >= 15 is 0 Å². The smallest absolute Gasteiger partial charge is 0.150 e. The highest BCUT2D eigenvalue weighted by molar-refractivity contribution is 8.00. The highest BCUT2D eigenvalue weighted by atomic mass is 35.5. The number of allylic oxidation sites excluding steroid dienone is 2. The number of halogens is 3. The van der Waals surface area contributed by atoms with Crippen molar-refractivity contribution >= 4 is 46.9 Å². The van der Waals surface area contributed by atoms with Crippen molar-refractivity contribution < 1.29 is 0 Å². The molecular weight excluding hydrogens is 200 g/mol. The van der Waals surface area contributed by atoms with Gasteiger partial charge < -0.3 is 0 Å². The molecule has 0 fully saturated rings. The summed E-state index contributed by atoms with van der Waals surface area (Å²) in [5, 5.41) is 2.57. The number of hydrogen-bond donors (Lipinski definition) is 0. The molecule has 0 radical (unpaired) electrons. The maximum Gasteiger partial charge on any atom is 0.150 e. The maximum atomic E-state index is 5.59. The molecule has 0 aromatic carbocycles. The summed E-state index contributed by atoms with van der Waals surface area (Å²) in [5.41, 5.74) is 0. The van der Waals surface area contributed by atoms with Crippen LogP contribution in [0.4, 0.5) is 0 Å². The number of nitrogens with zero attached hydrogens (tertiary/aromatic N) is 1. The highest BCUT2D eigenvalue weighted by Gasteiger charge is 2.10. The van der Waals surface area contributed by atoms with Crippen LogP contribution in [0.2, 0.25) is 0 Å². The van der Waals surface area contributed by atoms with Crippen LogP contribution in [0.5, 0.6) is 0 Å². The topological polar surface area (TPSA) is 3.24 Å². The zero-order chi connectivity index (χ0) is 6.85. The molecule has 50 valence electrons. The molecule has 1 aliphatic rings. The zero-order valence-corrected chi connectivity index (χ0v) is 7.23. The lowest BCUT2D eigenvalue weighted by atomic mass is 10.6. The molecule has 1 nitrogen and oxygen atoms in total. The summed E-state index contributed by atoms with van der Waals surface area (Å²) in [5.74, 6) is 0. The first-order valence-electron chi connectivity index (χ1n) is 2.06. The van der Waals surface area contributed by atoms with Gasteiger partial charge in [0.2, 0.25) is 0 Å². The summed E-state index contributed by atoms with van der Waals surface area (Å²) in [7, 11) is 0. The lowest BCUT2D eigenvalue weighted by Crippen LogP contribution is -1.98. The van der Waals surface area contributed by atoms with Gasteiger partial charge >= 0.3 is 0 Å². The summed E-state index contributed by atoms with van der Waals surface area (Å²) in [6.45, 7) is 0. The zero-order valence-electron chi connectivity index (χ0n) is 4.14. The van der Waals surface area contributed by atoms with Crippen LogP contribution in [0.25, 0.3) is 0 Å². The van der Waals surface area contributed by atoms with Crippen LogP contribution in [0, 0.1) is 0 Å². The molecule has 0 aromatic rings. The molecular formula is C4H2Cl3NS. The predicted octanol–water partition coefficient (Wildman–Crippen LogP) is 3.26. The molecule has 1 aliphatic heterocycles. The minimum Gasteiger partial charge on any atom is -0.210 e. The van der Waals surface area contributed by atoms with Gasteiger partial charge in [0.05, 0.1) is 5.03 Å². The summed E-state index contributed by atoms with van der Waals surface area (Å²) < 4.78 is 1.27. The molecule has 1 heterocycles. The fraction of sp³-hybridized carbons (Fsp3) is 0. The molecule has 0 saturated heterocycles. The summed E-state index contributed by atoms with van der Waals surface area (Å²) in [6, 6.07) is 0. The Balaban J connectivity index is 2.83. The van der Waals surface area contributed by atoms with Crippen LogP contribution in [-0.2, 0) is 0 Å². The fourth-order valence-corrected chi connectivity index (χ4v) is 1.56. The molecule has 1 rings (SSSR count). The summed E-state index contributed by atoms with van der Waals surface area (Å²) in [6.07, 6.45) is 1.69. The first-order valence-corrected chi connectivity index (χ1v) is 3.99. The van der Waals surface area contributed by atoms with Crippen LogP contribution in [0.3, 0.4) is 0 Å². The van der Waals surface area contributed by atoms with Crippen LogP contribution < -0.4 is 0 Å². The molecule has 0 unspecified atom stereocenters. The van der Waals surface area contributed by atoms with Crippen molar-refractivity contribution in [2.45, 2.75) is 0 Å². The fourth-order valence-electron chi connectivity index (χ4n) is 0.343. The van der Waals surface area contributed by atoms with E-state index in [1.54, 1.807) is 11.5 Å². The van der Waals surface area contributed by atoms with Gasteiger partial charge in [-0.1, -0.05) is 23.2 Å². The summed E-state index contributed by atoms with van der Waals surface area (Å²) >= 11 is 18.0. The van der Waals surface area contributed by atoms with Crippen LogP contribution >= 0.6 is 46.9 Å². The van der Waals surface area contributed by atoms with Crippen molar-refractivity contribution in [3.63, 3.8) is 0 Å². The van der Waals surface area contributed by atoms with E-state index in [0.29, 0.717) is 10.2 Å². The van der Waals surface area contributed by atoms with E-state index < -0.39 is 0 Å². The molecule has 0 saturated carbocycles. The van der Waals surface area contributed by atoms with Gasteiger partial charge in [0.25, 0.3) is 0 Å². The SMILES string of the molecule is ClC1=C(Cl)N(Cl)SC=C1. The van der Waals surface area contributed by atoms with Crippen molar-refractivity contribution in [1.29, 1.82) is 0 Å². The van der Waals surface area contributed by atoms with Crippen molar-refractivity contribution in [1.82, 2.24) is 3.82 Å². The van der Waals surface area contributed by atoms with Crippen molar-refractivity contribution in [3.8, 4) is 0 Å². The monoisotopic (exact) mass is 201 g/mol. The Morgan fingerprint density at radius 3 is 2.56 bits per heavy atom. The Labute approximate surface area is 72.5 Å². The number of hydrogen-bond acceptors (Lipinski definition) is 2. The molecule has 0 spiro atoms. The predicted molar refractivity (Wildman–Crippen MR) is 43.2 cm³/mol. The Bertz CT molecular complexity index is 177. The molecule has 0 bridgehead atoms. The first-order chi connectivity index (χ1) is 4.22. The van der Waals surface area contributed by atoms with Crippen molar-refractivity contribution in [2.75, 3.05) is 0 Å². The van der Waals surface area contributed by atoms with Crippen molar-refractivity contribution in [3.05, 3.63) is 21.7 Å². The van der Waals surface area contributed by atoms with Crippen LogP contribution in [0.1, 0.15) is 0 Å². The van der Waals surface area contributed by atoms with Gasteiger partial charge in [-0.3, -0.25) is 0 Å². The first kappa shape index (κ1) is 7.61. The van der Waals surface area contributed by atoms with Crippen LogP contribution in [-0.4, -0.2) is 3.82 Å². The lowest BCUT2D eigenvalue weighted by molar-refractivity contribution is 0.981. The molecule has 0 N–H and O–H groups in total.